The van der Waals surface area contributed by atoms with Crippen LogP contribution in [0.15, 0.2) is 18.2 Å². The zero-order chi connectivity index (χ0) is 6.69. The van der Waals surface area contributed by atoms with Gasteiger partial charge in [0.25, 0.3) is 0 Å². The first-order chi connectivity index (χ1) is 4.29. The second kappa shape index (κ2) is 4.85. The zero-order valence-corrected chi connectivity index (χ0v) is 7.83. The van der Waals surface area contributed by atoms with Gasteiger partial charge in [0.05, 0.1) is 0 Å². The van der Waals surface area contributed by atoms with Crippen LogP contribution in [0.1, 0.15) is 0 Å². The third-order valence-electron chi connectivity index (χ3n) is 1.31. The summed E-state index contributed by atoms with van der Waals surface area (Å²) in [5.74, 6) is 0.528. The molecular formula is C8H12NPd+. The van der Waals surface area contributed by atoms with E-state index in [0.29, 0.717) is 5.92 Å². The van der Waals surface area contributed by atoms with Crippen LogP contribution in [0.25, 0.3) is 0 Å². The van der Waals surface area contributed by atoms with Crippen molar-refractivity contribution in [3.63, 3.8) is 0 Å². The Bertz CT molecular complexity index is 126. The molecule has 1 aliphatic rings. The summed E-state index contributed by atoms with van der Waals surface area (Å²) in [6.07, 6.45) is 9.41. The van der Waals surface area contributed by atoms with Gasteiger partial charge < -0.3 is 4.90 Å². The van der Waals surface area contributed by atoms with Crippen LogP contribution in [0.4, 0.5) is 0 Å². The fourth-order valence-electron chi connectivity index (χ4n) is 0.931. The van der Waals surface area contributed by atoms with E-state index in [0.717, 1.165) is 6.54 Å². The molecule has 0 bridgehead atoms. The van der Waals surface area contributed by atoms with Gasteiger partial charge in [0.1, 0.15) is 0 Å². The summed E-state index contributed by atoms with van der Waals surface area (Å²) in [7, 11) is 4.15. The normalized spacial score (nSPS) is 21.7. The third kappa shape index (κ3) is 3.32. The summed E-state index contributed by atoms with van der Waals surface area (Å²) >= 11 is 0. The summed E-state index contributed by atoms with van der Waals surface area (Å²) in [5.41, 5.74) is 0. The summed E-state index contributed by atoms with van der Waals surface area (Å²) in [6, 6.07) is 0. The Hall–Kier alpha value is 0.102. The monoisotopic (exact) mass is 228 g/mol. The Balaban J connectivity index is 0.000000810. The summed E-state index contributed by atoms with van der Waals surface area (Å²) in [6.45, 7) is 1.08. The minimum atomic E-state index is 0. The number of allylic oxidation sites excluding steroid dienone is 2. The molecule has 58 valence electrons. The molecule has 1 atom stereocenters. The molecule has 1 rings (SSSR count). The van der Waals surface area contributed by atoms with Crippen LogP contribution < -0.4 is 0 Å². The van der Waals surface area contributed by atoms with Gasteiger partial charge in [-0.05, 0) is 20.6 Å². The van der Waals surface area contributed by atoms with E-state index in [1.165, 1.54) is 0 Å². The average Bonchev–Trinajstić information content (AvgIpc) is 2.15. The van der Waals surface area contributed by atoms with Gasteiger partial charge >= 0.3 is 20.4 Å². The molecule has 0 N–H and O–H groups in total. The smallest absolute Gasteiger partial charge is 0.310 e. The van der Waals surface area contributed by atoms with Gasteiger partial charge in [-0.15, -0.1) is 0 Å². The molecule has 0 saturated heterocycles. The van der Waals surface area contributed by atoms with Crippen molar-refractivity contribution in [1.29, 1.82) is 0 Å². The molecule has 2 heteroatoms. The van der Waals surface area contributed by atoms with Gasteiger partial charge in [0.2, 0.25) is 0 Å². The largest absolute Gasteiger partial charge is 2.00 e. The first-order valence-electron chi connectivity index (χ1n) is 3.20. The zero-order valence-electron chi connectivity index (χ0n) is 6.28. The van der Waals surface area contributed by atoms with Gasteiger partial charge in [0, 0.05) is 0 Å². The first-order valence-corrected chi connectivity index (χ1v) is 3.20. The van der Waals surface area contributed by atoms with Gasteiger partial charge in [0.15, 0.2) is 0 Å². The predicted octanol–water partition coefficient (Wildman–Crippen LogP) is 1.09. The maximum Gasteiger partial charge on any atom is 2.00 e. The maximum atomic E-state index is 3.21. The minimum absolute atomic E-state index is 0. The first kappa shape index (κ1) is 10.1. The van der Waals surface area contributed by atoms with E-state index in [4.69, 9.17) is 0 Å². The molecular weight excluding hydrogens is 217 g/mol. The molecule has 0 spiro atoms. The van der Waals surface area contributed by atoms with Crippen LogP contribution in [-0.4, -0.2) is 25.5 Å². The molecule has 0 amide bonds. The molecule has 0 heterocycles. The molecule has 1 unspecified atom stereocenters. The Morgan fingerprint density at radius 3 is 2.60 bits per heavy atom. The van der Waals surface area contributed by atoms with Gasteiger partial charge in [-0.1, -0.05) is 5.92 Å². The molecule has 1 aliphatic carbocycles. The summed E-state index contributed by atoms with van der Waals surface area (Å²) in [4.78, 5) is 2.17. The van der Waals surface area contributed by atoms with Crippen LogP contribution in [0.2, 0.25) is 0 Å². The second-order valence-corrected chi connectivity index (χ2v) is 2.59. The van der Waals surface area contributed by atoms with Crippen molar-refractivity contribution in [3.05, 3.63) is 24.3 Å². The second-order valence-electron chi connectivity index (χ2n) is 2.59. The van der Waals surface area contributed by atoms with Crippen LogP contribution >= 0.6 is 0 Å². The van der Waals surface area contributed by atoms with Crippen molar-refractivity contribution >= 4 is 0 Å². The Kier molecular flexibility index (Phi) is 4.90. The fraction of sp³-hybridized carbons (Fsp3) is 0.500. The average molecular weight is 229 g/mol. The van der Waals surface area contributed by atoms with Crippen molar-refractivity contribution in [2.45, 2.75) is 0 Å². The van der Waals surface area contributed by atoms with Crippen molar-refractivity contribution in [3.8, 4) is 0 Å². The van der Waals surface area contributed by atoms with Crippen LogP contribution in [-0.2, 0) is 20.4 Å². The maximum absolute atomic E-state index is 3.21. The molecule has 10 heavy (non-hydrogen) atoms. The fourth-order valence-corrected chi connectivity index (χ4v) is 0.931. The van der Waals surface area contributed by atoms with Crippen LogP contribution in [0.5, 0.6) is 0 Å². The summed E-state index contributed by atoms with van der Waals surface area (Å²) in [5, 5.41) is 0. The van der Waals surface area contributed by atoms with E-state index in [1.54, 1.807) is 0 Å². The number of rotatable bonds is 2. The van der Waals surface area contributed by atoms with E-state index in [9.17, 15) is 0 Å². The molecule has 0 aromatic heterocycles. The van der Waals surface area contributed by atoms with Crippen molar-refractivity contribution < 1.29 is 20.4 Å². The Morgan fingerprint density at radius 1 is 1.50 bits per heavy atom. The molecule has 0 aromatic carbocycles. The topological polar surface area (TPSA) is 3.24 Å². The summed E-state index contributed by atoms with van der Waals surface area (Å²) < 4.78 is 0. The molecule has 0 radical (unpaired) electrons. The minimum Gasteiger partial charge on any atom is -0.310 e. The third-order valence-corrected chi connectivity index (χ3v) is 1.31. The van der Waals surface area contributed by atoms with E-state index >= 15 is 0 Å². The van der Waals surface area contributed by atoms with Crippen LogP contribution in [0.3, 0.4) is 0 Å². The van der Waals surface area contributed by atoms with E-state index < -0.39 is 0 Å². The van der Waals surface area contributed by atoms with Gasteiger partial charge in [-0.2, -0.15) is 6.08 Å². The van der Waals surface area contributed by atoms with Gasteiger partial charge in [-0.25, -0.2) is 12.2 Å². The number of hydrogen-bond donors (Lipinski definition) is 0. The SMILES string of the molecule is CN(C)CC1[C-]=CC=C1.[Pd+2]. The molecule has 0 fully saturated rings. The van der Waals surface area contributed by atoms with Crippen LogP contribution in [0, 0.1) is 12.0 Å². The Morgan fingerprint density at radius 2 is 2.20 bits per heavy atom. The Labute approximate surface area is 76.4 Å². The van der Waals surface area contributed by atoms with Crippen molar-refractivity contribution in [1.82, 2.24) is 4.90 Å². The van der Waals surface area contributed by atoms with Crippen molar-refractivity contribution in [2.24, 2.45) is 5.92 Å². The molecule has 0 aromatic rings. The number of hydrogen-bond acceptors (Lipinski definition) is 1. The molecule has 0 saturated carbocycles. The van der Waals surface area contributed by atoms with E-state index in [1.807, 2.05) is 12.2 Å². The van der Waals surface area contributed by atoms with E-state index in [2.05, 4.69) is 31.1 Å². The quantitative estimate of drug-likeness (QED) is 0.505. The van der Waals surface area contributed by atoms with E-state index in [-0.39, 0.29) is 20.4 Å². The van der Waals surface area contributed by atoms with Crippen molar-refractivity contribution in [2.75, 3.05) is 20.6 Å². The van der Waals surface area contributed by atoms with Gasteiger partial charge in [-0.3, -0.25) is 6.08 Å². The predicted molar refractivity (Wildman–Crippen MR) is 39.0 cm³/mol. The molecule has 1 nitrogen and oxygen atoms in total. The number of nitrogens with zero attached hydrogens (tertiary/aromatic N) is 1. The molecule has 0 aliphatic heterocycles. The standard InChI is InChI=1S/C8H12N.Pd/c1-9(2)7-8-5-3-4-6-8;/h3-5,8H,7H2,1-2H3;/q-1;+2.